The number of aryl methyl sites for hydroxylation is 1. The molecule has 1 aromatic carbocycles. The molecule has 0 radical (unpaired) electrons. The largest absolute Gasteiger partial charge is 0.376 e. The number of nitrogens with two attached hydrogens (primary N) is 1. The second-order valence-electron chi connectivity index (χ2n) is 2.47. The third-order valence-electron chi connectivity index (χ3n) is 1.38. The summed E-state index contributed by atoms with van der Waals surface area (Å²) in [4.78, 5) is 0. The van der Waals surface area contributed by atoms with Gasteiger partial charge in [-0.3, -0.25) is 0 Å². The van der Waals surface area contributed by atoms with E-state index in [1.165, 1.54) is 0 Å². The van der Waals surface area contributed by atoms with Gasteiger partial charge >= 0.3 is 0 Å². The van der Waals surface area contributed by atoms with E-state index >= 15 is 0 Å². The van der Waals surface area contributed by atoms with Gasteiger partial charge in [0.1, 0.15) is 0 Å². The Bertz CT molecular complexity index is 312. The molecule has 0 amide bonds. The summed E-state index contributed by atoms with van der Waals surface area (Å²) >= 11 is 10.6. The third kappa shape index (κ3) is 2.36. The van der Waals surface area contributed by atoms with E-state index in [0.717, 1.165) is 11.3 Å². The lowest BCUT2D eigenvalue weighted by atomic mass is 10.2. The van der Waals surface area contributed by atoms with Crippen molar-refractivity contribution in [3.8, 4) is 0 Å². The summed E-state index contributed by atoms with van der Waals surface area (Å²) in [5, 5.41) is 3.63. The Balaban J connectivity index is 2.93. The average Bonchev–Trinajstić information content (AvgIpc) is 1.94. The van der Waals surface area contributed by atoms with E-state index in [9.17, 15) is 0 Å². The molecule has 0 aromatic heterocycles. The molecule has 0 spiro atoms. The fourth-order valence-electron chi connectivity index (χ4n) is 0.854. The van der Waals surface area contributed by atoms with Crippen LogP contribution in [0.2, 0.25) is 5.02 Å². The lowest BCUT2D eigenvalue weighted by Crippen LogP contribution is -2.19. The highest BCUT2D eigenvalue weighted by Crippen LogP contribution is 2.22. The van der Waals surface area contributed by atoms with Gasteiger partial charge in [0.05, 0.1) is 10.7 Å². The van der Waals surface area contributed by atoms with Gasteiger partial charge in [-0.15, -0.1) is 0 Å². The van der Waals surface area contributed by atoms with Crippen LogP contribution in [0.4, 0.5) is 5.69 Å². The topological polar surface area (TPSA) is 38.0 Å². The van der Waals surface area contributed by atoms with Gasteiger partial charge in [0.25, 0.3) is 0 Å². The first-order chi connectivity index (χ1) is 5.59. The first kappa shape index (κ1) is 9.29. The summed E-state index contributed by atoms with van der Waals surface area (Å²) < 4.78 is 0. The van der Waals surface area contributed by atoms with Crippen molar-refractivity contribution < 1.29 is 0 Å². The minimum absolute atomic E-state index is 0.223. The number of halogens is 1. The average molecular weight is 201 g/mol. The predicted octanol–water partition coefficient (Wildman–Crippen LogP) is 2.30. The fourth-order valence-corrected chi connectivity index (χ4v) is 1.25. The van der Waals surface area contributed by atoms with Crippen LogP contribution in [0.15, 0.2) is 18.2 Å². The molecular weight excluding hydrogens is 192 g/mol. The van der Waals surface area contributed by atoms with E-state index in [2.05, 4.69) is 17.5 Å². The molecule has 0 atom stereocenters. The summed E-state index contributed by atoms with van der Waals surface area (Å²) in [6, 6.07) is 5.63. The summed E-state index contributed by atoms with van der Waals surface area (Å²) in [5.74, 6) is 0. The normalized spacial score (nSPS) is 9.50. The summed E-state index contributed by atoms with van der Waals surface area (Å²) in [7, 11) is 0. The predicted molar refractivity (Wildman–Crippen MR) is 56.6 cm³/mol. The summed E-state index contributed by atoms with van der Waals surface area (Å²) in [6.07, 6.45) is 0. The van der Waals surface area contributed by atoms with E-state index in [1.54, 1.807) is 0 Å². The van der Waals surface area contributed by atoms with Crippen molar-refractivity contribution in [2.24, 2.45) is 5.73 Å². The molecule has 0 heterocycles. The maximum Gasteiger partial charge on any atom is 0.168 e. The SMILES string of the molecule is Cc1ccc(NC(N)=S)c(Cl)c1. The van der Waals surface area contributed by atoms with Crippen LogP contribution in [0.1, 0.15) is 5.56 Å². The fraction of sp³-hybridized carbons (Fsp3) is 0.125. The van der Waals surface area contributed by atoms with Gasteiger partial charge < -0.3 is 11.1 Å². The molecule has 0 fully saturated rings. The molecule has 0 aliphatic carbocycles. The molecule has 4 heteroatoms. The van der Waals surface area contributed by atoms with Gasteiger partial charge in [-0.05, 0) is 36.8 Å². The Labute approximate surface area is 81.7 Å². The molecule has 2 nitrogen and oxygen atoms in total. The first-order valence-corrected chi connectivity index (χ1v) is 4.21. The van der Waals surface area contributed by atoms with Crippen LogP contribution in [0, 0.1) is 6.92 Å². The lowest BCUT2D eigenvalue weighted by molar-refractivity contribution is 1.46. The molecule has 1 aromatic rings. The number of rotatable bonds is 1. The van der Waals surface area contributed by atoms with Gasteiger partial charge in [-0.1, -0.05) is 17.7 Å². The van der Waals surface area contributed by atoms with Gasteiger partial charge in [-0.25, -0.2) is 0 Å². The number of anilines is 1. The zero-order valence-electron chi connectivity index (χ0n) is 6.60. The quantitative estimate of drug-likeness (QED) is 0.684. The number of hydrogen-bond donors (Lipinski definition) is 2. The molecule has 0 unspecified atom stereocenters. The first-order valence-electron chi connectivity index (χ1n) is 3.42. The molecule has 64 valence electrons. The maximum atomic E-state index is 5.90. The summed E-state index contributed by atoms with van der Waals surface area (Å²) in [5.41, 5.74) is 7.14. The highest BCUT2D eigenvalue weighted by atomic mass is 35.5. The standard InChI is InChI=1S/C8H9ClN2S/c1-5-2-3-7(6(9)4-5)11-8(10)12/h2-4H,1H3,(H3,10,11,12). The van der Waals surface area contributed by atoms with Gasteiger partial charge in [0.2, 0.25) is 0 Å². The van der Waals surface area contributed by atoms with Crippen molar-refractivity contribution in [2.45, 2.75) is 6.92 Å². The number of hydrogen-bond acceptors (Lipinski definition) is 1. The van der Waals surface area contributed by atoms with Crippen molar-refractivity contribution in [2.75, 3.05) is 5.32 Å². The number of nitrogens with one attached hydrogen (secondary N) is 1. The smallest absolute Gasteiger partial charge is 0.168 e. The Hall–Kier alpha value is -0.800. The Morgan fingerprint density at radius 1 is 1.58 bits per heavy atom. The zero-order valence-corrected chi connectivity index (χ0v) is 8.17. The van der Waals surface area contributed by atoms with Gasteiger partial charge in [0, 0.05) is 0 Å². The Morgan fingerprint density at radius 3 is 2.75 bits per heavy atom. The van der Waals surface area contributed by atoms with Crippen molar-refractivity contribution in [3.63, 3.8) is 0 Å². The van der Waals surface area contributed by atoms with Crippen LogP contribution in [-0.2, 0) is 0 Å². The van der Waals surface area contributed by atoms with E-state index < -0.39 is 0 Å². The highest BCUT2D eigenvalue weighted by molar-refractivity contribution is 7.80. The molecule has 1 rings (SSSR count). The van der Waals surface area contributed by atoms with Gasteiger partial charge in [-0.2, -0.15) is 0 Å². The van der Waals surface area contributed by atoms with Crippen LogP contribution >= 0.6 is 23.8 Å². The molecule has 12 heavy (non-hydrogen) atoms. The lowest BCUT2D eigenvalue weighted by Gasteiger charge is -2.05. The summed E-state index contributed by atoms with van der Waals surface area (Å²) in [6.45, 7) is 1.97. The Kier molecular flexibility index (Phi) is 2.89. The second-order valence-corrected chi connectivity index (χ2v) is 3.32. The Morgan fingerprint density at radius 2 is 2.25 bits per heavy atom. The van der Waals surface area contributed by atoms with E-state index in [0.29, 0.717) is 5.02 Å². The maximum absolute atomic E-state index is 5.90. The van der Waals surface area contributed by atoms with E-state index in [-0.39, 0.29) is 5.11 Å². The highest BCUT2D eigenvalue weighted by Gasteiger charge is 1.99. The molecule has 0 aliphatic rings. The molecule has 3 N–H and O–H groups in total. The number of benzene rings is 1. The van der Waals surface area contributed by atoms with Crippen molar-refractivity contribution in [3.05, 3.63) is 28.8 Å². The van der Waals surface area contributed by atoms with Crippen LogP contribution in [-0.4, -0.2) is 5.11 Å². The van der Waals surface area contributed by atoms with E-state index in [1.807, 2.05) is 25.1 Å². The third-order valence-corrected chi connectivity index (χ3v) is 1.80. The minimum atomic E-state index is 0.223. The van der Waals surface area contributed by atoms with Crippen molar-refractivity contribution >= 4 is 34.6 Å². The van der Waals surface area contributed by atoms with Crippen molar-refractivity contribution in [1.29, 1.82) is 0 Å². The molecule has 0 saturated carbocycles. The van der Waals surface area contributed by atoms with Crippen LogP contribution in [0.3, 0.4) is 0 Å². The molecular formula is C8H9ClN2S. The van der Waals surface area contributed by atoms with Crippen LogP contribution in [0.5, 0.6) is 0 Å². The van der Waals surface area contributed by atoms with Crippen LogP contribution in [0.25, 0.3) is 0 Å². The molecule has 0 aliphatic heterocycles. The second kappa shape index (κ2) is 3.74. The molecule has 0 bridgehead atoms. The van der Waals surface area contributed by atoms with Crippen LogP contribution < -0.4 is 11.1 Å². The van der Waals surface area contributed by atoms with Crippen molar-refractivity contribution in [1.82, 2.24) is 0 Å². The zero-order chi connectivity index (χ0) is 9.14. The van der Waals surface area contributed by atoms with Gasteiger partial charge in [0.15, 0.2) is 5.11 Å². The minimum Gasteiger partial charge on any atom is -0.376 e. The van der Waals surface area contributed by atoms with E-state index in [4.69, 9.17) is 17.3 Å². The molecule has 0 saturated heterocycles. The number of thiocarbonyl (C=S) groups is 1. The monoisotopic (exact) mass is 200 g/mol.